The van der Waals surface area contributed by atoms with Crippen molar-refractivity contribution in [2.24, 2.45) is 5.92 Å². The molecule has 0 bridgehead atoms. The fourth-order valence-corrected chi connectivity index (χ4v) is 3.56. The van der Waals surface area contributed by atoms with Crippen molar-refractivity contribution >= 4 is 53.1 Å². The van der Waals surface area contributed by atoms with Crippen LogP contribution in [0.5, 0.6) is 0 Å². The monoisotopic (exact) mass is 421 g/mol. The Bertz CT molecular complexity index is 628. The Labute approximate surface area is 171 Å². The Morgan fingerprint density at radius 1 is 1.35 bits per heavy atom. The van der Waals surface area contributed by atoms with Crippen LogP contribution < -0.4 is 10.6 Å². The molecule has 146 valence electrons. The van der Waals surface area contributed by atoms with Crippen molar-refractivity contribution in [1.82, 2.24) is 10.2 Å². The molecule has 2 rings (SSSR count). The molecule has 1 aromatic carbocycles. The maximum Gasteiger partial charge on any atom is 0.244 e. The number of piperidine rings is 1. The number of hydrogen-bond donors (Lipinski definition) is 2. The van der Waals surface area contributed by atoms with Crippen molar-refractivity contribution in [3.05, 3.63) is 28.2 Å². The van der Waals surface area contributed by atoms with E-state index < -0.39 is 0 Å². The van der Waals surface area contributed by atoms with E-state index in [4.69, 9.17) is 23.2 Å². The van der Waals surface area contributed by atoms with Gasteiger partial charge in [0.1, 0.15) is 0 Å². The minimum Gasteiger partial charge on any atom is -0.333 e. The fourth-order valence-electron chi connectivity index (χ4n) is 3.11. The lowest BCUT2D eigenvalue weighted by atomic mass is 9.92. The van der Waals surface area contributed by atoms with Gasteiger partial charge in [-0.15, -0.1) is 12.4 Å². The molecule has 2 atom stereocenters. The Hall–Kier alpha value is -1.01. The predicted octanol–water partition coefficient (Wildman–Crippen LogP) is 3.98. The zero-order valence-electron chi connectivity index (χ0n) is 15.1. The van der Waals surface area contributed by atoms with E-state index in [0.29, 0.717) is 28.3 Å². The summed E-state index contributed by atoms with van der Waals surface area (Å²) in [5.41, 5.74) is 0.496. The first-order valence-electron chi connectivity index (χ1n) is 8.67. The number of benzene rings is 1. The first kappa shape index (κ1) is 23.0. The van der Waals surface area contributed by atoms with Crippen molar-refractivity contribution in [2.75, 3.05) is 25.0 Å². The van der Waals surface area contributed by atoms with Crippen LogP contribution in [0.1, 0.15) is 33.1 Å². The normalized spacial score (nSPS) is 19.4. The quantitative estimate of drug-likeness (QED) is 0.729. The van der Waals surface area contributed by atoms with Crippen molar-refractivity contribution in [3.8, 4) is 0 Å². The summed E-state index contributed by atoms with van der Waals surface area (Å²) >= 11 is 11.9. The van der Waals surface area contributed by atoms with Crippen molar-refractivity contribution in [2.45, 2.75) is 39.2 Å². The van der Waals surface area contributed by atoms with Gasteiger partial charge in [0.05, 0.1) is 17.3 Å². The Balaban J connectivity index is 0.00000338. The van der Waals surface area contributed by atoms with E-state index in [0.717, 1.165) is 25.8 Å². The largest absolute Gasteiger partial charge is 0.333 e. The van der Waals surface area contributed by atoms with Gasteiger partial charge in [-0.2, -0.15) is 0 Å². The third kappa shape index (κ3) is 6.62. The molecule has 5 nitrogen and oxygen atoms in total. The number of rotatable bonds is 6. The van der Waals surface area contributed by atoms with Crippen LogP contribution >= 0.6 is 35.6 Å². The number of hydrogen-bond acceptors (Lipinski definition) is 3. The first-order chi connectivity index (χ1) is 11.9. The molecule has 0 aromatic heterocycles. The van der Waals surface area contributed by atoms with E-state index in [1.807, 2.05) is 6.92 Å². The second-order valence-corrected chi connectivity index (χ2v) is 7.35. The molecule has 26 heavy (non-hydrogen) atoms. The molecule has 0 saturated carbocycles. The van der Waals surface area contributed by atoms with Crippen molar-refractivity contribution < 1.29 is 9.59 Å². The molecule has 1 saturated heterocycles. The van der Waals surface area contributed by atoms with E-state index in [-0.39, 0.29) is 36.7 Å². The van der Waals surface area contributed by atoms with E-state index in [1.165, 1.54) is 0 Å². The zero-order valence-corrected chi connectivity index (χ0v) is 17.4. The summed E-state index contributed by atoms with van der Waals surface area (Å²) in [5, 5.41) is 6.99. The van der Waals surface area contributed by atoms with Crippen LogP contribution in [0.3, 0.4) is 0 Å². The van der Waals surface area contributed by atoms with Crippen LogP contribution in [-0.2, 0) is 9.59 Å². The van der Waals surface area contributed by atoms with Crippen LogP contribution in [-0.4, -0.2) is 42.4 Å². The Morgan fingerprint density at radius 2 is 2.08 bits per heavy atom. The van der Waals surface area contributed by atoms with Gasteiger partial charge in [0.2, 0.25) is 11.8 Å². The number of anilines is 1. The summed E-state index contributed by atoms with van der Waals surface area (Å²) in [6.07, 6.45) is 2.43. The summed E-state index contributed by atoms with van der Waals surface area (Å²) in [4.78, 5) is 26.8. The molecule has 0 radical (unpaired) electrons. The second-order valence-electron chi connectivity index (χ2n) is 6.51. The van der Waals surface area contributed by atoms with Crippen molar-refractivity contribution in [3.63, 3.8) is 0 Å². The van der Waals surface area contributed by atoms with Gasteiger partial charge in [-0.1, -0.05) is 30.1 Å². The lowest BCUT2D eigenvalue weighted by Gasteiger charge is -2.31. The molecule has 2 amide bonds. The highest BCUT2D eigenvalue weighted by Gasteiger charge is 2.29. The van der Waals surface area contributed by atoms with Gasteiger partial charge in [0.15, 0.2) is 0 Å². The van der Waals surface area contributed by atoms with Gasteiger partial charge in [-0.25, -0.2) is 0 Å². The lowest BCUT2D eigenvalue weighted by Crippen LogP contribution is -2.46. The predicted molar refractivity (Wildman–Crippen MR) is 109 cm³/mol. The zero-order chi connectivity index (χ0) is 18.4. The number of carbonyl (C=O) groups is 2. The highest BCUT2D eigenvalue weighted by Crippen LogP contribution is 2.25. The number of nitrogens with one attached hydrogen (secondary N) is 2. The molecule has 0 aliphatic carbocycles. The molecule has 1 aliphatic heterocycles. The molecule has 8 heteroatoms. The molecule has 2 N–H and O–H groups in total. The minimum atomic E-state index is -0.256. The molecule has 1 aromatic rings. The summed E-state index contributed by atoms with van der Waals surface area (Å²) in [5.74, 6) is -0.213. The summed E-state index contributed by atoms with van der Waals surface area (Å²) in [6, 6.07) is 5.22. The Kier molecular flexibility index (Phi) is 9.72. The molecular weight excluding hydrogens is 397 g/mol. The summed E-state index contributed by atoms with van der Waals surface area (Å²) in [7, 11) is 0. The van der Waals surface area contributed by atoms with Crippen LogP contribution in [0.25, 0.3) is 0 Å². The standard InChI is InChI=1S/C18H25Cl2N3O2.ClH/c1-3-8-23(18(25)13-6-7-21-12(2)9-13)11-17(24)22-16-5-4-14(19)10-15(16)20;/h4-5,10,12-13,21H,3,6-9,11H2,1-2H3,(H,22,24);1H/t12-,13-;/m0./s1. The highest BCUT2D eigenvalue weighted by atomic mass is 35.5. The molecule has 1 fully saturated rings. The molecule has 0 spiro atoms. The fraction of sp³-hybridized carbons (Fsp3) is 0.556. The van der Waals surface area contributed by atoms with E-state index in [9.17, 15) is 9.59 Å². The molecule has 1 aliphatic rings. The number of carbonyl (C=O) groups excluding carboxylic acids is 2. The van der Waals surface area contributed by atoms with Gasteiger partial charge in [-0.05, 0) is 50.9 Å². The van der Waals surface area contributed by atoms with Crippen LogP contribution in [0, 0.1) is 5.92 Å². The molecule has 0 unspecified atom stereocenters. The van der Waals surface area contributed by atoms with Gasteiger partial charge in [0.25, 0.3) is 0 Å². The summed E-state index contributed by atoms with van der Waals surface area (Å²) in [6.45, 7) is 5.52. The summed E-state index contributed by atoms with van der Waals surface area (Å²) < 4.78 is 0. The SMILES string of the molecule is CCCN(CC(=O)Nc1ccc(Cl)cc1Cl)C(=O)[C@H]1CCN[C@@H](C)C1.Cl. The van der Waals surface area contributed by atoms with Gasteiger partial charge >= 0.3 is 0 Å². The maximum absolute atomic E-state index is 12.8. The topological polar surface area (TPSA) is 61.4 Å². The number of halogens is 3. The number of amides is 2. The second kappa shape index (κ2) is 11.0. The number of nitrogens with zero attached hydrogens (tertiary/aromatic N) is 1. The smallest absolute Gasteiger partial charge is 0.244 e. The van der Waals surface area contributed by atoms with E-state index >= 15 is 0 Å². The minimum absolute atomic E-state index is 0. The molecular formula is C18H26Cl3N3O2. The van der Waals surface area contributed by atoms with Crippen LogP contribution in [0.2, 0.25) is 10.0 Å². The average molecular weight is 423 g/mol. The van der Waals surface area contributed by atoms with Crippen molar-refractivity contribution in [1.29, 1.82) is 0 Å². The molecule has 1 heterocycles. The average Bonchev–Trinajstić information content (AvgIpc) is 2.56. The van der Waals surface area contributed by atoms with Gasteiger partial charge in [0, 0.05) is 23.5 Å². The van der Waals surface area contributed by atoms with Crippen LogP contribution in [0.4, 0.5) is 5.69 Å². The van der Waals surface area contributed by atoms with Gasteiger partial charge in [-0.3, -0.25) is 9.59 Å². The third-order valence-electron chi connectivity index (χ3n) is 4.32. The third-order valence-corrected chi connectivity index (χ3v) is 4.87. The first-order valence-corrected chi connectivity index (χ1v) is 9.43. The Morgan fingerprint density at radius 3 is 2.69 bits per heavy atom. The lowest BCUT2D eigenvalue weighted by molar-refractivity contribution is -0.139. The van der Waals surface area contributed by atoms with Gasteiger partial charge < -0.3 is 15.5 Å². The maximum atomic E-state index is 12.8. The van der Waals surface area contributed by atoms with E-state index in [2.05, 4.69) is 17.6 Å². The highest BCUT2D eigenvalue weighted by molar-refractivity contribution is 6.36. The van der Waals surface area contributed by atoms with E-state index in [1.54, 1.807) is 23.1 Å². The van der Waals surface area contributed by atoms with Crippen LogP contribution in [0.15, 0.2) is 18.2 Å².